The zero-order chi connectivity index (χ0) is 14.4. The zero-order valence-electron chi connectivity index (χ0n) is 11.8. The predicted molar refractivity (Wildman–Crippen MR) is 75.8 cm³/mol. The Balaban J connectivity index is 1.97. The highest BCUT2D eigenvalue weighted by Crippen LogP contribution is 2.22. The molecule has 1 unspecified atom stereocenters. The van der Waals surface area contributed by atoms with Crippen LogP contribution < -0.4 is 10.5 Å². The van der Waals surface area contributed by atoms with E-state index in [1.807, 2.05) is 6.92 Å². The summed E-state index contributed by atoms with van der Waals surface area (Å²) in [7, 11) is 0. The minimum absolute atomic E-state index is 0.360. The zero-order valence-corrected chi connectivity index (χ0v) is 11.8. The van der Waals surface area contributed by atoms with Crippen molar-refractivity contribution in [2.75, 3.05) is 32.2 Å². The van der Waals surface area contributed by atoms with Gasteiger partial charge in [0.15, 0.2) is 0 Å². The average Bonchev–Trinajstić information content (AvgIpc) is 2.97. The van der Waals surface area contributed by atoms with E-state index in [2.05, 4.69) is 0 Å². The molecule has 5 heteroatoms. The van der Waals surface area contributed by atoms with E-state index in [1.54, 1.807) is 18.2 Å². The van der Waals surface area contributed by atoms with Crippen molar-refractivity contribution >= 4 is 11.7 Å². The van der Waals surface area contributed by atoms with Crippen LogP contribution in [0.5, 0.6) is 5.75 Å². The van der Waals surface area contributed by atoms with Crippen LogP contribution in [-0.4, -0.2) is 32.4 Å². The Morgan fingerprint density at radius 1 is 1.50 bits per heavy atom. The molecule has 0 bridgehead atoms. The summed E-state index contributed by atoms with van der Waals surface area (Å²) in [5, 5.41) is 0. The summed E-state index contributed by atoms with van der Waals surface area (Å²) in [4.78, 5) is 11.9. The molecule has 0 saturated carbocycles. The van der Waals surface area contributed by atoms with Crippen LogP contribution in [0.25, 0.3) is 0 Å². The number of carbonyl (C=O) groups is 1. The van der Waals surface area contributed by atoms with E-state index in [0.717, 1.165) is 26.1 Å². The topological polar surface area (TPSA) is 70.8 Å². The van der Waals surface area contributed by atoms with Gasteiger partial charge in [-0.05, 0) is 31.0 Å². The number of benzene rings is 1. The van der Waals surface area contributed by atoms with Crippen LogP contribution in [0.4, 0.5) is 5.69 Å². The Morgan fingerprint density at radius 3 is 3.05 bits per heavy atom. The van der Waals surface area contributed by atoms with Crippen molar-refractivity contribution in [3.63, 3.8) is 0 Å². The molecule has 1 heterocycles. The van der Waals surface area contributed by atoms with Crippen molar-refractivity contribution in [2.45, 2.75) is 19.8 Å². The first-order valence-corrected chi connectivity index (χ1v) is 6.98. The Kier molecular flexibility index (Phi) is 5.24. The summed E-state index contributed by atoms with van der Waals surface area (Å²) < 4.78 is 16.1. The second-order valence-electron chi connectivity index (χ2n) is 4.93. The van der Waals surface area contributed by atoms with Crippen LogP contribution in [0.1, 0.15) is 30.1 Å². The van der Waals surface area contributed by atoms with Gasteiger partial charge in [0.1, 0.15) is 5.75 Å². The van der Waals surface area contributed by atoms with Crippen molar-refractivity contribution in [3.05, 3.63) is 23.8 Å². The highest BCUT2D eigenvalue weighted by Gasteiger charge is 2.17. The third-order valence-electron chi connectivity index (χ3n) is 3.19. The second kappa shape index (κ2) is 7.14. The van der Waals surface area contributed by atoms with E-state index >= 15 is 0 Å². The fraction of sp³-hybridized carbons (Fsp3) is 0.533. The first-order chi connectivity index (χ1) is 9.70. The summed E-state index contributed by atoms with van der Waals surface area (Å²) >= 11 is 0. The molecule has 5 nitrogen and oxygen atoms in total. The number of nitrogen functional groups attached to an aromatic ring is 1. The lowest BCUT2D eigenvalue weighted by atomic mass is 10.1. The van der Waals surface area contributed by atoms with Gasteiger partial charge in [-0.1, -0.05) is 6.92 Å². The van der Waals surface area contributed by atoms with Gasteiger partial charge in [-0.2, -0.15) is 0 Å². The molecule has 1 aliphatic heterocycles. The molecule has 110 valence electrons. The number of nitrogens with two attached hydrogens (primary N) is 1. The van der Waals surface area contributed by atoms with Crippen molar-refractivity contribution < 1.29 is 19.0 Å². The van der Waals surface area contributed by atoms with E-state index in [1.165, 1.54) is 0 Å². The Labute approximate surface area is 119 Å². The number of carbonyl (C=O) groups excluding carboxylic acids is 1. The molecular formula is C15H21NO4. The highest BCUT2D eigenvalue weighted by molar-refractivity contribution is 5.95. The minimum atomic E-state index is -0.404. The molecule has 0 radical (unpaired) electrons. The quantitative estimate of drug-likeness (QED) is 0.639. The van der Waals surface area contributed by atoms with Crippen molar-refractivity contribution in [3.8, 4) is 5.75 Å². The number of rotatable bonds is 6. The molecule has 1 aromatic rings. The van der Waals surface area contributed by atoms with Gasteiger partial charge in [-0.15, -0.1) is 0 Å². The standard InChI is InChI=1S/C15H21NO4/c1-2-6-19-15(17)13-8-12(3-4-14(13)16)20-10-11-5-7-18-9-11/h3-4,8,11H,2,5-7,9-10,16H2,1H3. The molecule has 2 rings (SSSR count). The summed E-state index contributed by atoms with van der Waals surface area (Å²) in [5.74, 6) is 0.650. The van der Waals surface area contributed by atoms with Gasteiger partial charge in [-0.3, -0.25) is 0 Å². The minimum Gasteiger partial charge on any atom is -0.493 e. The van der Waals surface area contributed by atoms with E-state index in [9.17, 15) is 4.79 Å². The molecule has 1 aliphatic rings. The number of hydrogen-bond acceptors (Lipinski definition) is 5. The number of esters is 1. The maximum Gasteiger partial charge on any atom is 0.340 e. The smallest absolute Gasteiger partial charge is 0.340 e. The van der Waals surface area contributed by atoms with Crippen LogP contribution in [0.3, 0.4) is 0 Å². The lowest BCUT2D eigenvalue weighted by molar-refractivity contribution is 0.0505. The fourth-order valence-electron chi connectivity index (χ4n) is 2.00. The summed E-state index contributed by atoms with van der Waals surface area (Å²) in [6.07, 6.45) is 1.80. The number of anilines is 1. The molecular weight excluding hydrogens is 258 g/mol. The van der Waals surface area contributed by atoms with Gasteiger partial charge in [0.2, 0.25) is 0 Å². The van der Waals surface area contributed by atoms with Crippen LogP contribution in [0.2, 0.25) is 0 Å². The van der Waals surface area contributed by atoms with Crippen molar-refractivity contribution in [1.82, 2.24) is 0 Å². The van der Waals surface area contributed by atoms with Gasteiger partial charge in [0, 0.05) is 18.2 Å². The monoisotopic (exact) mass is 279 g/mol. The second-order valence-corrected chi connectivity index (χ2v) is 4.93. The molecule has 1 atom stereocenters. The highest BCUT2D eigenvalue weighted by atomic mass is 16.5. The third kappa shape index (κ3) is 3.87. The van der Waals surface area contributed by atoms with E-state index in [4.69, 9.17) is 19.9 Å². The molecule has 0 spiro atoms. The van der Waals surface area contributed by atoms with Crippen molar-refractivity contribution in [1.29, 1.82) is 0 Å². The molecule has 0 amide bonds. The number of hydrogen-bond donors (Lipinski definition) is 1. The predicted octanol–water partition coefficient (Wildman–Crippen LogP) is 2.25. The normalized spacial score (nSPS) is 17.9. The van der Waals surface area contributed by atoms with Gasteiger partial charge >= 0.3 is 5.97 Å². The fourth-order valence-corrected chi connectivity index (χ4v) is 2.00. The molecule has 2 N–H and O–H groups in total. The van der Waals surface area contributed by atoms with Gasteiger partial charge in [0.05, 0.1) is 25.4 Å². The largest absolute Gasteiger partial charge is 0.493 e. The first kappa shape index (κ1) is 14.7. The van der Waals surface area contributed by atoms with Gasteiger partial charge in [-0.25, -0.2) is 4.79 Å². The summed E-state index contributed by atoms with van der Waals surface area (Å²) in [6, 6.07) is 5.08. The Hall–Kier alpha value is -1.75. The maximum absolute atomic E-state index is 11.9. The van der Waals surface area contributed by atoms with E-state index in [0.29, 0.717) is 36.1 Å². The molecule has 0 aliphatic carbocycles. The van der Waals surface area contributed by atoms with Crippen LogP contribution in [-0.2, 0) is 9.47 Å². The average molecular weight is 279 g/mol. The van der Waals surface area contributed by atoms with Gasteiger partial charge < -0.3 is 19.9 Å². The lowest BCUT2D eigenvalue weighted by Gasteiger charge is -2.12. The van der Waals surface area contributed by atoms with Crippen LogP contribution in [0.15, 0.2) is 18.2 Å². The molecule has 1 aromatic carbocycles. The number of ether oxygens (including phenoxy) is 3. The molecule has 1 fully saturated rings. The molecule has 0 aromatic heterocycles. The van der Waals surface area contributed by atoms with E-state index < -0.39 is 5.97 Å². The molecule has 1 saturated heterocycles. The SMILES string of the molecule is CCCOC(=O)c1cc(OCC2CCOC2)ccc1N. The van der Waals surface area contributed by atoms with Gasteiger partial charge in [0.25, 0.3) is 0 Å². The van der Waals surface area contributed by atoms with E-state index in [-0.39, 0.29) is 0 Å². The first-order valence-electron chi connectivity index (χ1n) is 6.98. The third-order valence-corrected chi connectivity index (χ3v) is 3.19. The molecule has 20 heavy (non-hydrogen) atoms. The summed E-state index contributed by atoms with van der Waals surface area (Å²) in [6.45, 7) is 4.46. The van der Waals surface area contributed by atoms with Crippen molar-refractivity contribution in [2.24, 2.45) is 5.92 Å². The Bertz CT molecular complexity index is 455. The Morgan fingerprint density at radius 2 is 2.35 bits per heavy atom. The summed E-state index contributed by atoms with van der Waals surface area (Å²) in [5.41, 5.74) is 6.57. The maximum atomic E-state index is 11.9. The lowest BCUT2D eigenvalue weighted by Crippen LogP contribution is -2.13. The van der Waals surface area contributed by atoms with Crippen LogP contribution in [0, 0.1) is 5.92 Å². The van der Waals surface area contributed by atoms with Crippen LogP contribution >= 0.6 is 0 Å².